The Bertz CT molecular complexity index is 659. The van der Waals surface area contributed by atoms with Gasteiger partial charge in [-0.05, 0) is 42.0 Å². The normalized spacial score (nSPS) is 11.6. The molecule has 1 atom stereocenters. The molecule has 3 N–H and O–H groups in total. The number of amides is 1. The molecule has 6 heteroatoms. The molecule has 0 fully saturated rings. The second-order valence-corrected chi connectivity index (χ2v) is 6.09. The zero-order chi connectivity index (χ0) is 18.1. The van der Waals surface area contributed by atoms with Gasteiger partial charge >= 0.3 is 0 Å². The fourth-order valence-corrected chi connectivity index (χ4v) is 2.15. The average Bonchev–Trinajstić information content (AvgIpc) is 2.65. The van der Waals surface area contributed by atoms with Gasteiger partial charge in [-0.15, -0.1) is 0 Å². The first-order valence-corrected chi connectivity index (χ1v) is 8.54. The van der Waals surface area contributed by atoms with Gasteiger partial charge in [-0.25, -0.2) is 0 Å². The van der Waals surface area contributed by atoms with Crippen LogP contribution in [0.25, 0.3) is 0 Å². The minimum atomic E-state index is -0.178. The molecule has 0 aromatic heterocycles. The molecule has 25 heavy (non-hydrogen) atoms. The predicted octanol–water partition coefficient (Wildman–Crippen LogP) is 3.01. The van der Waals surface area contributed by atoms with E-state index in [-0.39, 0.29) is 11.8 Å². The lowest BCUT2D eigenvalue weighted by Crippen LogP contribution is -2.32. The minimum Gasteiger partial charge on any atom is -0.490 e. The Morgan fingerprint density at radius 1 is 1.04 bits per heavy atom. The lowest BCUT2D eigenvalue weighted by Gasteiger charge is -2.11. The van der Waals surface area contributed by atoms with E-state index < -0.39 is 0 Å². The summed E-state index contributed by atoms with van der Waals surface area (Å²) in [6, 6.07) is 14.8. The summed E-state index contributed by atoms with van der Waals surface area (Å²) in [4.78, 5) is 11.7. The van der Waals surface area contributed by atoms with E-state index in [9.17, 15) is 4.79 Å². The number of carbonyl (C=O) groups is 1. The Labute approximate surface area is 153 Å². The third-order valence-electron chi connectivity index (χ3n) is 3.63. The van der Waals surface area contributed by atoms with Crippen LogP contribution in [0.5, 0.6) is 11.5 Å². The Hall–Kier alpha value is -2.24. The highest BCUT2D eigenvalue weighted by atomic mass is 35.5. The molecule has 0 saturated carbocycles. The van der Waals surface area contributed by atoms with Crippen molar-refractivity contribution in [3.8, 4) is 11.5 Å². The average molecular weight is 363 g/mol. The van der Waals surface area contributed by atoms with Crippen LogP contribution in [-0.4, -0.2) is 25.7 Å². The van der Waals surface area contributed by atoms with Gasteiger partial charge < -0.3 is 20.5 Å². The van der Waals surface area contributed by atoms with E-state index in [0.29, 0.717) is 31.3 Å². The monoisotopic (exact) mass is 362 g/mol. The predicted molar refractivity (Wildman–Crippen MR) is 98.9 cm³/mol. The maximum absolute atomic E-state index is 11.7. The molecule has 0 radical (unpaired) electrons. The molecule has 134 valence electrons. The summed E-state index contributed by atoms with van der Waals surface area (Å²) in [5.41, 5.74) is 6.47. The lowest BCUT2D eigenvalue weighted by molar-refractivity contribution is -0.124. The summed E-state index contributed by atoms with van der Waals surface area (Å²) in [7, 11) is 0. The van der Waals surface area contributed by atoms with Gasteiger partial charge in [-0.2, -0.15) is 0 Å². The topological polar surface area (TPSA) is 73.6 Å². The Morgan fingerprint density at radius 3 is 2.08 bits per heavy atom. The minimum absolute atomic E-state index is 0.0397. The van der Waals surface area contributed by atoms with Crippen molar-refractivity contribution < 1.29 is 14.3 Å². The lowest BCUT2D eigenvalue weighted by atomic mass is 10.1. The first kappa shape index (κ1) is 19.1. The van der Waals surface area contributed by atoms with Crippen molar-refractivity contribution in [2.75, 3.05) is 19.8 Å². The summed E-state index contributed by atoms with van der Waals surface area (Å²) < 4.78 is 11.2. The van der Waals surface area contributed by atoms with Gasteiger partial charge in [0.15, 0.2) is 0 Å². The van der Waals surface area contributed by atoms with Gasteiger partial charge in [0.25, 0.3) is 0 Å². The smallest absolute Gasteiger partial charge is 0.224 e. The van der Waals surface area contributed by atoms with Gasteiger partial charge in [0, 0.05) is 24.0 Å². The van der Waals surface area contributed by atoms with Crippen LogP contribution in [0, 0.1) is 5.92 Å². The summed E-state index contributed by atoms with van der Waals surface area (Å²) >= 11 is 5.82. The summed E-state index contributed by atoms with van der Waals surface area (Å²) in [6.45, 7) is 3.50. The third kappa shape index (κ3) is 6.64. The highest BCUT2D eigenvalue weighted by Crippen LogP contribution is 2.16. The zero-order valence-electron chi connectivity index (χ0n) is 14.2. The molecule has 0 saturated heterocycles. The van der Waals surface area contributed by atoms with Crippen molar-refractivity contribution in [1.29, 1.82) is 0 Å². The number of ether oxygens (including phenoxy) is 2. The molecule has 1 amide bonds. The molecular weight excluding hydrogens is 340 g/mol. The third-order valence-corrected chi connectivity index (χ3v) is 3.88. The van der Waals surface area contributed by atoms with Crippen molar-refractivity contribution >= 4 is 17.5 Å². The van der Waals surface area contributed by atoms with E-state index in [1.165, 1.54) is 0 Å². The van der Waals surface area contributed by atoms with Gasteiger partial charge in [0.2, 0.25) is 5.91 Å². The molecule has 2 rings (SSSR count). The fourth-order valence-electron chi connectivity index (χ4n) is 2.02. The second-order valence-electron chi connectivity index (χ2n) is 5.65. The number of hydrogen-bond acceptors (Lipinski definition) is 4. The van der Waals surface area contributed by atoms with Crippen LogP contribution in [0.15, 0.2) is 48.5 Å². The molecular formula is C19H23ClN2O3. The quantitative estimate of drug-likeness (QED) is 0.672. The van der Waals surface area contributed by atoms with E-state index in [4.69, 9.17) is 26.8 Å². The number of hydrogen-bond donors (Lipinski definition) is 2. The van der Waals surface area contributed by atoms with Crippen LogP contribution >= 0.6 is 11.6 Å². The van der Waals surface area contributed by atoms with Crippen LogP contribution in [0.3, 0.4) is 0 Å². The van der Waals surface area contributed by atoms with Crippen LogP contribution in [0.4, 0.5) is 0 Å². The van der Waals surface area contributed by atoms with E-state index >= 15 is 0 Å². The summed E-state index contributed by atoms with van der Waals surface area (Å²) in [5.74, 6) is 1.29. The largest absolute Gasteiger partial charge is 0.490 e. The molecule has 5 nitrogen and oxygen atoms in total. The molecule has 0 aliphatic carbocycles. The van der Waals surface area contributed by atoms with Gasteiger partial charge in [0.1, 0.15) is 24.7 Å². The molecule has 0 aliphatic heterocycles. The van der Waals surface area contributed by atoms with Crippen LogP contribution in [0.2, 0.25) is 5.02 Å². The van der Waals surface area contributed by atoms with Gasteiger partial charge in [0.05, 0.1) is 0 Å². The number of carbonyl (C=O) groups excluding carboxylic acids is 1. The van der Waals surface area contributed by atoms with Crippen LogP contribution in [0.1, 0.15) is 12.5 Å². The molecule has 2 aromatic rings. The van der Waals surface area contributed by atoms with E-state index in [1.807, 2.05) is 36.4 Å². The van der Waals surface area contributed by atoms with Crippen molar-refractivity contribution in [2.45, 2.75) is 13.5 Å². The molecule has 0 spiro atoms. The fraction of sp³-hybridized carbons (Fsp3) is 0.316. The first-order chi connectivity index (χ1) is 12.1. The SMILES string of the molecule is CC(CN)C(=O)NCc1ccc(OCCOc2ccc(Cl)cc2)cc1. The molecule has 2 aromatic carbocycles. The van der Waals surface area contributed by atoms with Crippen molar-refractivity contribution in [1.82, 2.24) is 5.32 Å². The van der Waals surface area contributed by atoms with Crippen LogP contribution in [-0.2, 0) is 11.3 Å². The molecule has 1 unspecified atom stereocenters. The zero-order valence-corrected chi connectivity index (χ0v) is 15.0. The van der Waals surface area contributed by atoms with Crippen molar-refractivity contribution in [3.63, 3.8) is 0 Å². The maximum atomic E-state index is 11.7. The van der Waals surface area contributed by atoms with E-state index in [1.54, 1.807) is 19.1 Å². The number of halogens is 1. The Kier molecular flexibility index (Phi) is 7.57. The number of nitrogens with one attached hydrogen (secondary N) is 1. The standard InChI is InChI=1S/C19H23ClN2O3/c1-14(12-21)19(23)22-13-15-2-6-17(7-3-15)24-10-11-25-18-8-4-16(20)5-9-18/h2-9,14H,10-13,21H2,1H3,(H,22,23). The molecule has 0 aliphatic rings. The van der Waals surface area contributed by atoms with Crippen LogP contribution < -0.4 is 20.5 Å². The van der Waals surface area contributed by atoms with Crippen molar-refractivity contribution in [2.24, 2.45) is 11.7 Å². The van der Waals surface area contributed by atoms with Gasteiger partial charge in [-0.1, -0.05) is 30.7 Å². The summed E-state index contributed by atoms with van der Waals surface area (Å²) in [5, 5.41) is 3.53. The molecule has 0 bridgehead atoms. The van der Waals surface area contributed by atoms with Crippen molar-refractivity contribution in [3.05, 3.63) is 59.1 Å². The number of rotatable bonds is 9. The number of nitrogens with two attached hydrogens (primary N) is 1. The van der Waals surface area contributed by atoms with E-state index in [2.05, 4.69) is 5.32 Å². The van der Waals surface area contributed by atoms with E-state index in [0.717, 1.165) is 17.1 Å². The Balaban J connectivity index is 1.69. The highest BCUT2D eigenvalue weighted by molar-refractivity contribution is 6.30. The Morgan fingerprint density at radius 2 is 1.56 bits per heavy atom. The summed E-state index contributed by atoms with van der Waals surface area (Å²) in [6.07, 6.45) is 0. The van der Waals surface area contributed by atoms with Gasteiger partial charge in [-0.3, -0.25) is 4.79 Å². The number of benzene rings is 2. The molecule has 0 heterocycles. The second kappa shape index (κ2) is 9.91. The maximum Gasteiger partial charge on any atom is 0.224 e. The first-order valence-electron chi connectivity index (χ1n) is 8.16. The highest BCUT2D eigenvalue weighted by Gasteiger charge is 2.09.